The van der Waals surface area contributed by atoms with Gasteiger partial charge in [-0.15, -0.1) is 0 Å². The first-order chi connectivity index (χ1) is 16.1. The van der Waals surface area contributed by atoms with Crippen LogP contribution in [0.3, 0.4) is 0 Å². The second-order valence-electron chi connectivity index (χ2n) is 7.45. The number of amides is 1. The number of allylic oxidation sites excluding steroid dienone is 4. The molecule has 1 aliphatic heterocycles. The molecule has 9 heteroatoms. The van der Waals surface area contributed by atoms with Crippen LogP contribution in [0.15, 0.2) is 66.4 Å². The third-order valence-corrected chi connectivity index (χ3v) is 5.26. The number of nitrogen functional groups attached to an aromatic ring is 1. The molecule has 0 atom stereocenters. The average molecular weight is 444 g/mol. The Labute approximate surface area is 191 Å². The summed E-state index contributed by atoms with van der Waals surface area (Å²) in [5.74, 6) is 0.702. The minimum atomic E-state index is 0.0271. The molecule has 0 saturated carbocycles. The van der Waals surface area contributed by atoms with Gasteiger partial charge < -0.3 is 20.5 Å². The summed E-state index contributed by atoms with van der Waals surface area (Å²) in [6.45, 7) is 10.6. The molecule has 4 rings (SSSR count). The maximum Gasteiger partial charge on any atom is 0.258 e. The zero-order valence-corrected chi connectivity index (χ0v) is 18.2. The second kappa shape index (κ2) is 10.0. The Hall–Kier alpha value is -4.11. The monoisotopic (exact) mass is 443 g/mol. The van der Waals surface area contributed by atoms with Crippen LogP contribution in [0.5, 0.6) is 0 Å². The zero-order valence-electron chi connectivity index (χ0n) is 18.2. The molecule has 9 nitrogen and oxygen atoms in total. The number of nitrogens with two attached hydrogens (primary N) is 1. The first kappa shape index (κ1) is 22.1. The van der Waals surface area contributed by atoms with E-state index in [1.807, 2.05) is 17.0 Å². The van der Waals surface area contributed by atoms with Crippen LogP contribution in [-0.4, -0.2) is 57.1 Å². The van der Waals surface area contributed by atoms with Gasteiger partial charge in [0.15, 0.2) is 11.5 Å². The number of nitrogens with zero attached hydrogens (tertiary/aromatic N) is 5. The molecule has 168 valence electrons. The van der Waals surface area contributed by atoms with Crippen LogP contribution in [0.1, 0.15) is 22.7 Å². The zero-order chi connectivity index (χ0) is 23.2. The molecule has 1 amide bonds. The van der Waals surface area contributed by atoms with E-state index in [2.05, 4.69) is 38.6 Å². The van der Waals surface area contributed by atoms with Crippen LogP contribution in [0.2, 0.25) is 0 Å². The highest BCUT2D eigenvalue weighted by Gasteiger charge is 2.19. The van der Waals surface area contributed by atoms with Crippen molar-refractivity contribution in [1.82, 2.24) is 30.3 Å². The minimum Gasteiger partial charge on any atom is -0.382 e. The van der Waals surface area contributed by atoms with Crippen LogP contribution in [0.4, 0.5) is 5.82 Å². The first-order valence-corrected chi connectivity index (χ1v) is 10.6. The fourth-order valence-corrected chi connectivity index (χ4v) is 3.51. The van der Waals surface area contributed by atoms with E-state index in [1.54, 1.807) is 36.6 Å². The van der Waals surface area contributed by atoms with E-state index in [4.69, 9.17) is 10.3 Å². The Bertz CT molecular complexity index is 1190. The predicted molar refractivity (Wildman–Crippen MR) is 127 cm³/mol. The van der Waals surface area contributed by atoms with Gasteiger partial charge in [-0.3, -0.25) is 4.79 Å². The number of benzene rings is 1. The average Bonchev–Trinajstić information content (AvgIpc) is 3.16. The van der Waals surface area contributed by atoms with Crippen molar-refractivity contribution in [3.05, 3.63) is 73.3 Å². The molecule has 1 aromatic carbocycles. The fraction of sp³-hybridized carbons (Fsp3) is 0.208. The molecule has 0 radical (unpaired) electrons. The smallest absolute Gasteiger partial charge is 0.258 e. The van der Waals surface area contributed by atoms with Crippen molar-refractivity contribution in [2.24, 2.45) is 0 Å². The van der Waals surface area contributed by atoms with Gasteiger partial charge in [-0.25, -0.2) is 9.97 Å². The molecule has 1 saturated heterocycles. The number of rotatable bonds is 6. The topological polar surface area (TPSA) is 123 Å². The van der Waals surface area contributed by atoms with E-state index in [0.29, 0.717) is 29.1 Å². The van der Waals surface area contributed by atoms with Crippen LogP contribution >= 0.6 is 0 Å². The molecule has 0 spiro atoms. The van der Waals surface area contributed by atoms with Crippen molar-refractivity contribution in [2.45, 2.75) is 6.42 Å². The maximum absolute atomic E-state index is 12.8. The Morgan fingerprint density at radius 3 is 2.73 bits per heavy atom. The van der Waals surface area contributed by atoms with Crippen LogP contribution < -0.4 is 11.1 Å². The molecule has 3 N–H and O–H groups in total. The predicted octanol–water partition coefficient (Wildman–Crippen LogP) is 2.97. The van der Waals surface area contributed by atoms with Crippen LogP contribution in [0.25, 0.3) is 28.3 Å². The number of carbonyl (C=O) groups excluding carboxylic acids is 1. The first-order valence-electron chi connectivity index (χ1n) is 10.6. The summed E-state index contributed by atoms with van der Waals surface area (Å²) in [6, 6.07) is 7.29. The molecule has 3 heterocycles. The van der Waals surface area contributed by atoms with Crippen LogP contribution in [0, 0.1) is 0 Å². The van der Waals surface area contributed by atoms with E-state index >= 15 is 0 Å². The Morgan fingerprint density at radius 2 is 1.97 bits per heavy atom. The summed E-state index contributed by atoms with van der Waals surface area (Å²) in [5.41, 5.74) is 8.98. The fourth-order valence-electron chi connectivity index (χ4n) is 3.51. The van der Waals surface area contributed by atoms with E-state index in [0.717, 1.165) is 31.6 Å². The van der Waals surface area contributed by atoms with Gasteiger partial charge in [-0.2, -0.15) is 4.98 Å². The number of hydrogen-bond acceptors (Lipinski definition) is 8. The van der Waals surface area contributed by atoms with Crippen molar-refractivity contribution < 1.29 is 9.32 Å². The SMILES string of the molecule is C=C/C=C(\C=C)c1nc(-c2nc(-c3ccc(C(=O)N4CCCNCC4)cc3)cnc2N)no1. The van der Waals surface area contributed by atoms with Gasteiger partial charge >= 0.3 is 0 Å². The highest BCUT2D eigenvalue weighted by atomic mass is 16.5. The number of anilines is 1. The third kappa shape index (κ3) is 4.88. The quantitative estimate of drug-likeness (QED) is 0.558. The lowest BCUT2D eigenvalue weighted by molar-refractivity contribution is 0.0766. The van der Waals surface area contributed by atoms with E-state index in [1.165, 1.54) is 0 Å². The lowest BCUT2D eigenvalue weighted by Gasteiger charge is -2.20. The number of nitrogens with one attached hydrogen (secondary N) is 1. The Morgan fingerprint density at radius 1 is 1.15 bits per heavy atom. The molecule has 33 heavy (non-hydrogen) atoms. The standard InChI is InChI=1S/C24H25N7O2/c1-3-6-16(4-2)23-29-22(30-33-23)20-21(25)27-15-19(28-20)17-7-9-18(10-8-17)24(32)31-13-5-11-26-12-14-31/h3-4,6-10,15,26H,1-2,5,11-14H2,(H2,25,27)/b16-6+. The summed E-state index contributed by atoms with van der Waals surface area (Å²) < 4.78 is 5.32. The highest BCUT2D eigenvalue weighted by molar-refractivity contribution is 5.94. The lowest BCUT2D eigenvalue weighted by Crippen LogP contribution is -2.34. The number of aromatic nitrogens is 4. The minimum absolute atomic E-state index is 0.0271. The summed E-state index contributed by atoms with van der Waals surface area (Å²) in [5, 5.41) is 7.29. The molecule has 1 fully saturated rings. The van der Waals surface area contributed by atoms with E-state index in [9.17, 15) is 4.79 Å². The van der Waals surface area contributed by atoms with Crippen molar-refractivity contribution in [2.75, 3.05) is 31.9 Å². The molecule has 3 aromatic rings. The third-order valence-electron chi connectivity index (χ3n) is 5.26. The van der Waals surface area contributed by atoms with Gasteiger partial charge in [0.05, 0.1) is 11.9 Å². The van der Waals surface area contributed by atoms with Crippen LogP contribution in [-0.2, 0) is 0 Å². The van der Waals surface area contributed by atoms with Gasteiger partial charge in [0.1, 0.15) is 0 Å². The molecule has 0 aliphatic carbocycles. The summed E-state index contributed by atoms with van der Waals surface area (Å²) in [4.78, 5) is 27.9. The van der Waals surface area contributed by atoms with Crippen molar-refractivity contribution >= 4 is 17.3 Å². The number of carbonyl (C=O) groups is 1. The Kier molecular flexibility index (Phi) is 6.70. The molecule has 1 aliphatic rings. The lowest BCUT2D eigenvalue weighted by atomic mass is 10.1. The van der Waals surface area contributed by atoms with Gasteiger partial charge in [0.25, 0.3) is 11.8 Å². The Balaban J connectivity index is 1.58. The molecular formula is C24H25N7O2. The van der Waals surface area contributed by atoms with E-state index < -0.39 is 0 Å². The second-order valence-corrected chi connectivity index (χ2v) is 7.45. The van der Waals surface area contributed by atoms with Gasteiger partial charge in [0.2, 0.25) is 5.82 Å². The van der Waals surface area contributed by atoms with Crippen molar-refractivity contribution in [3.8, 4) is 22.8 Å². The van der Waals surface area contributed by atoms with Crippen molar-refractivity contribution in [3.63, 3.8) is 0 Å². The summed E-state index contributed by atoms with van der Waals surface area (Å²) in [7, 11) is 0. The summed E-state index contributed by atoms with van der Waals surface area (Å²) in [6.07, 6.45) is 7.43. The summed E-state index contributed by atoms with van der Waals surface area (Å²) >= 11 is 0. The highest BCUT2D eigenvalue weighted by Crippen LogP contribution is 2.26. The largest absolute Gasteiger partial charge is 0.382 e. The normalized spacial score (nSPS) is 14.5. The van der Waals surface area contributed by atoms with Gasteiger partial charge in [0, 0.05) is 36.3 Å². The maximum atomic E-state index is 12.8. The molecule has 0 unspecified atom stereocenters. The molecule has 2 aromatic heterocycles. The van der Waals surface area contributed by atoms with Gasteiger partial charge in [-0.05, 0) is 25.1 Å². The molecular weight excluding hydrogens is 418 g/mol. The van der Waals surface area contributed by atoms with Crippen molar-refractivity contribution in [1.29, 1.82) is 0 Å². The number of hydrogen-bond donors (Lipinski definition) is 2. The van der Waals surface area contributed by atoms with E-state index in [-0.39, 0.29) is 23.4 Å². The van der Waals surface area contributed by atoms with Gasteiger partial charge in [-0.1, -0.05) is 48.7 Å². The molecule has 0 bridgehead atoms.